The molecule has 0 saturated carbocycles. The molecule has 0 heterocycles. The smallest absolute Gasteiger partial charge is 0.377 e. The summed E-state index contributed by atoms with van der Waals surface area (Å²) in [5.74, 6) is -2.29. The summed E-state index contributed by atoms with van der Waals surface area (Å²) in [5, 5.41) is 8.29. The van der Waals surface area contributed by atoms with E-state index < -0.39 is 11.8 Å². The fourth-order valence-electron chi connectivity index (χ4n) is 1.24. The first-order valence-corrected chi connectivity index (χ1v) is 5.48. The first-order chi connectivity index (χ1) is 9.15. The molecule has 0 aliphatic carbocycles. The van der Waals surface area contributed by atoms with Crippen LogP contribution in [0.4, 0.5) is 0 Å². The van der Waals surface area contributed by atoms with Gasteiger partial charge in [-0.3, -0.25) is 9.59 Å². The van der Waals surface area contributed by atoms with Gasteiger partial charge in [-0.1, -0.05) is 60.7 Å². The second kappa shape index (κ2) is 7.55. The Morgan fingerprint density at radius 1 is 0.842 bits per heavy atom. The number of Topliss-reactive ketones (excluding diaryl/α,β-unsaturated/α-hetero) is 1. The Hall–Kier alpha value is -2.75. The lowest BCUT2D eigenvalue weighted by atomic mass is 10.1. The predicted molar refractivity (Wildman–Crippen MR) is 70.2 cm³/mol. The number of carboxylic acids is 1. The van der Waals surface area contributed by atoms with Crippen molar-refractivity contribution in [3.63, 3.8) is 0 Å². The molecular weight excluding hydrogens is 244 g/mol. The molecule has 2 rings (SSSR count). The largest absolute Gasteiger partial charge is 0.475 e. The molecule has 0 saturated heterocycles. The van der Waals surface area contributed by atoms with E-state index in [0.717, 1.165) is 11.8 Å². The maximum atomic E-state index is 10.7. The first-order valence-electron chi connectivity index (χ1n) is 5.48. The maximum absolute atomic E-state index is 10.7. The van der Waals surface area contributed by atoms with Crippen LogP contribution < -0.4 is 0 Å². The van der Waals surface area contributed by atoms with Crippen LogP contribution in [0.15, 0.2) is 60.7 Å². The molecule has 0 radical (unpaired) electrons. The number of aliphatic carboxylic acids is 1. The highest BCUT2D eigenvalue weighted by Crippen LogP contribution is 1.98. The van der Waals surface area contributed by atoms with Gasteiger partial charge in [-0.2, -0.15) is 0 Å². The Labute approximate surface area is 110 Å². The molecule has 0 fully saturated rings. The first kappa shape index (κ1) is 14.3. The van der Waals surface area contributed by atoms with E-state index in [1.807, 2.05) is 18.2 Å². The van der Waals surface area contributed by atoms with Gasteiger partial charge in [-0.15, -0.1) is 0 Å². The van der Waals surface area contributed by atoms with Crippen LogP contribution in [0.3, 0.4) is 0 Å². The number of carbonyl (C=O) groups is 3. The van der Waals surface area contributed by atoms with Gasteiger partial charge in [-0.05, 0) is 0 Å². The third-order valence-electron chi connectivity index (χ3n) is 2.17. The normalized spacial score (nSPS) is 8.84. The molecule has 4 nitrogen and oxygen atoms in total. The highest BCUT2D eigenvalue weighted by molar-refractivity contribution is 6.39. The number of carboxylic acid groups (broad SMARTS) is 1. The van der Waals surface area contributed by atoms with Crippen molar-refractivity contribution in [3.8, 4) is 0 Å². The van der Waals surface area contributed by atoms with Crippen LogP contribution in [-0.2, 0) is 4.79 Å². The third-order valence-corrected chi connectivity index (χ3v) is 2.17. The Bertz CT molecular complexity index is 547. The van der Waals surface area contributed by atoms with E-state index in [1.54, 1.807) is 30.3 Å². The maximum Gasteiger partial charge on any atom is 0.377 e. The fourth-order valence-corrected chi connectivity index (χ4v) is 1.24. The van der Waals surface area contributed by atoms with Crippen LogP contribution in [0.2, 0.25) is 0 Å². The lowest BCUT2D eigenvalue weighted by Crippen LogP contribution is -2.12. The molecule has 0 aromatic heterocycles. The fraction of sp³-hybridized carbons (Fsp3) is 0. The molecule has 1 N–H and O–H groups in total. The molecule has 0 spiro atoms. The summed E-state index contributed by atoms with van der Waals surface area (Å²) < 4.78 is 0. The summed E-state index contributed by atoms with van der Waals surface area (Å²) in [6.07, 6.45) is 0.833. The van der Waals surface area contributed by atoms with Gasteiger partial charge in [0.25, 0.3) is 5.78 Å². The minimum absolute atomic E-state index is 0.208. The summed E-state index contributed by atoms with van der Waals surface area (Å²) in [7, 11) is 0. The number of carbonyl (C=O) groups excluding carboxylic acids is 2. The van der Waals surface area contributed by atoms with E-state index in [-0.39, 0.29) is 5.56 Å². The summed E-state index contributed by atoms with van der Waals surface area (Å²) in [5.41, 5.74) is 0.938. The van der Waals surface area contributed by atoms with Crippen molar-refractivity contribution in [2.45, 2.75) is 0 Å². The van der Waals surface area contributed by atoms with Gasteiger partial charge in [0.15, 0.2) is 0 Å². The minimum atomic E-state index is -1.42. The second-order valence-electron chi connectivity index (χ2n) is 3.53. The Morgan fingerprint density at radius 3 is 1.68 bits per heavy atom. The van der Waals surface area contributed by atoms with Gasteiger partial charge in [0, 0.05) is 11.1 Å². The molecule has 0 aliphatic heterocycles. The van der Waals surface area contributed by atoms with E-state index in [2.05, 4.69) is 0 Å². The molecule has 0 aliphatic rings. The minimum Gasteiger partial charge on any atom is -0.475 e. The number of hydrogen-bond donors (Lipinski definition) is 1. The Balaban J connectivity index is 0.000000200. The number of rotatable bonds is 3. The quantitative estimate of drug-likeness (QED) is 0.520. The molecule has 96 valence electrons. The van der Waals surface area contributed by atoms with Crippen molar-refractivity contribution in [1.29, 1.82) is 0 Å². The predicted octanol–water partition coefficient (Wildman–Crippen LogP) is 2.45. The number of aldehydes is 1. The standard InChI is InChI=1S/C8H6O3.C7H6O/c9-7(8(10)11)6-4-2-1-3-5-6;8-6-7-4-2-1-3-5-7/h1-5H,(H,10,11);1-6H. The van der Waals surface area contributed by atoms with Crippen molar-refractivity contribution < 1.29 is 19.5 Å². The lowest BCUT2D eigenvalue weighted by molar-refractivity contribution is -0.131. The van der Waals surface area contributed by atoms with Crippen LogP contribution in [0.5, 0.6) is 0 Å². The van der Waals surface area contributed by atoms with Crippen molar-refractivity contribution in [2.24, 2.45) is 0 Å². The summed E-state index contributed by atoms with van der Waals surface area (Å²) in [6.45, 7) is 0. The van der Waals surface area contributed by atoms with Crippen LogP contribution in [0.1, 0.15) is 20.7 Å². The summed E-state index contributed by atoms with van der Waals surface area (Å²) in [6, 6.07) is 17.0. The number of hydrogen-bond acceptors (Lipinski definition) is 3. The summed E-state index contributed by atoms with van der Waals surface area (Å²) >= 11 is 0. The van der Waals surface area contributed by atoms with Gasteiger partial charge < -0.3 is 5.11 Å². The molecule has 19 heavy (non-hydrogen) atoms. The third kappa shape index (κ3) is 4.95. The van der Waals surface area contributed by atoms with Crippen LogP contribution >= 0.6 is 0 Å². The van der Waals surface area contributed by atoms with Crippen LogP contribution in [0, 0.1) is 0 Å². The second-order valence-corrected chi connectivity index (χ2v) is 3.53. The monoisotopic (exact) mass is 256 g/mol. The van der Waals surface area contributed by atoms with Gasteiger partial charge in [0.2, 0.25) is 0 Å². The lowest BCUT2D eigenvalue weighted by Gasteiger charge is -1.91. The molecule has 2 aromatic rings. The van der Waals surface area contributed by atoms with Gasteiger partial charge in [0.1, 0.15) is 6.29 Å². The zero-order valence-corrected chi connectivity index (χ0v) is 10.0. The molecular formula is C15H12O4. The molecule has 0 unspecified atom stereocenters. The van der Waals surface area contributed by atoms with E-state index in [0.29, 0.717) is 0 Å². The van der Waals surface area contributed by atoms with E-state index in [1.165, 1.54) is 12.1 Å². The molecule has 4 heteroatoms. The Kier molecular flexibility index (Phi) is 5.69. The summed E-state index contributed by atoms with van der Waals surface area (Å²) in [4.78, 5) is 30.9. The van der Waals surface area contributed by atoms with Gasteiger partial charge in [0.05, 0.1) is 0 Å². The molecule has 0 atom stereocenters. The van der Waals surface area contributed by atoms with E-state index >= 15 is 0 Å². The van der Waals surface area contributed by atoms with Crippen molar-refractivity contribution >= 4 is 18.0 Å². The number of benzene rings is 2. The van der Waals surface area contributed by atoms with Gasteiger partial charge in [-0.25, -0.2) is 4.79 Å². The van der Waals surface area contributed by atoms with E-state index in [9.17, 15) is 14.4 Å². The van der Waals surface area contributed by atoms with Crippen LogP contribution in [0.25, 0.3) is 0 Å². The van der Waals surface area contributed by atoms with Crippen molar-refractivity contribution in [2.75, 3.05) is 0 Å². The average Bonchev–Trinajstić information content (AvgIpc) is 2.48. The van der Waals surface area contributed by atoms with Gasteiger partial charge >= 0.3 is 5.97 Å². The molecule has 0 bridgehead atoms. The topological polar surface area (TPSA) is 71.4 Å². The Morgan fingerprint density at radius 2 is 1.32 bits per heavy atom. The molecule has 2 aromatic carbocycles. The van der Waals surface area contributed by atoms with Crippen LogP contribution in [-0.4, -0.2) is 23.1 Å². The van der Waals surface area contributed by atoms with Crippen molar-refractivity contribution in [3.05, 3.63) is 71.8 Å². The van der Waals surface area contributed by atoms with Crippen molar-refractivity contribution in [1.82, 2.24) is 0 Å². The number of ketones is 1. The zero-order chi connectivity index (χ0) is 14.1. The van der Waals surface area contributed by atoms with E-state index in [4.69, 9.17) is 5.11 Å². The average molecular weight is 256 g/mol. The SMILES string of the molecule is O=C(O)C(=O)c1ccccc1.O=Cc1ccccc1. The highest BCUT2D eigenvalue weighted by Gasteiger charge is 2.12. The molecule has 0 amide bonds. The highest BCUT2D eigenvalue weighted by atomic mass is 16.4. The zero-order valence-electron chi connectivity index (χ0n) is 10.0.